The zero-order valence-corrected chi connectivity index (χ0v) is 14.1. The Balaban J connectivity index is 0.000000423. The van der Waals surface area contributed by atoms with Gasteiger partial charge in [0.05, 0.1) is 11.1 Å². The Morgan fingerprint density at radius 2 is 1.43 bits per heavy atom. The molecule has 0 aromatic heterocycles. The highest BCUT2D eigenvalue weighted by Crippen LogP contribution is 2.27. The van der Waals surface area contributed by atoms with Gasteiger partial charge in [-0.15, -0.1) is 0 Å². The molecule has 6 heteroatoms. The number of hydrogen-bond donors (Lipinski definition) is 4. The molecule has 0 spiro atoms. The van der Waals surface area contributed by atoms with Gasteiger partial charge in [-0.25, -0.2) is 9.59 Å². The fourth-order valence-corrected chi connectivity index (χ4v) is 2.27. The molecule has 23 heavy (non-hydrogen) atoms. The van der Waals surface area contributed by atoms with Gasteiger partial charge in [-0.3, -0.25) is 0 Å². The third kappa shape index (κ3) is 8.95. The molecular weight excluding hydrogens is 296 g/mol. The van der Waals surface area contributed by atoms with Crippen LogP contribution in [0.3, 0.4) is 0 Å². The summed E-state index contributed by atoms with van der Waals surface area (Å²) in [7, 11) is 0. The maximum atomic E-state index is 10.3. The molecule has 1 aromatic carbocycles. The van der Waals surface area contributed by atoms with E-state index >= 15 is 0 Å². The lowest BCUT2D eigenvalue weighted by Crippen LogP contribution is -2.23. The molecule has 0 saturated heterocycles. The zero-order chi connectivity index (χ0) is 18.0. The highest BCUT2D eigenvalue weighted by atomic mass is 16.4. The van der Waals surface area contributed by atoms with Crippen molar-refractivity contribution < 1.29 is 19.8 Å². The summed E-state index contributed by atoms with van der Waals surface area (Å²) in [4.78, 5) is 20.7. The Kier molecular flexibility index (Phi) is 9.14. The number of aromatic carboxylic acids is 2. The van der Waals surface area contributed by atoms with Gasteiger partial charge in [0.15, 0.2) is 0 Å². The molecule has 1 atom stereocenters. The van der Waals surface area contributed by atoms with Crippen molar-refractivity contribution in [2.45, 2.75) is 33.6 Å². The van der Waals surface area contributed by atoms with E-state index in [-0.39, 0.29) is 11.1 Å². The van der Waals surface area contributed by atoms with Crippen LogP contribution in [0.5, 0.6) is 0 Å². The molecule has 130 valence electrons. The van der Waals surface area contributed by atoms with Crippen LogP contribution in [-0.2, 0) is 0 Å². The van der Waals surface area contributed by atoms with Crippen molar-refractivity contribution >= 4 is 11.9 Å². The summed E-state index contributed by atoms with van der Waals surface area (Å²) >= 11 is 0. The molecule has 1 rings (SSSR count). The lowest BCUT2D eigenvalue weighted by Gasteiger charge is -2.26. The molecule has 0 amide bonds. The van der Waals surface area contributed by atoms with Crippen LogP contribution >= 0.6 is 0 Å². The molecular formula is C17H28N2O4. The standard InChI is InChI=1S/C9H22N2.C8H6O4/c1-8(7-11)6-9(2,3)4-5-10;9-7(10)5-1-2-6(4-3-5)8(11)12/h8H,4-7,10-11H2,1-3H3;1-4H,(H,9,10)(H,11,12). The van der Waals surface area contributed by atoms with Gasteiger partial charge >= 0.3 is 11.9 Å². The van der Waals surface area contributed by atoms with E-state index in [9.17, 15) is 9.59 Å². The maximum Gasteiger partial charge on any atom is 0.335 e. The Morgan fingerprint density at radius 1 is 1.04 bits per heavy atom. The van der Waals surface area contributed by atoms with E-state index in [2.05, 4.69) is 20.8 Å². The second-order valence-electron chi connectivity index (χ2n) is 6.44. The second kappa shape index (κ2) is 9.97. The summed E-state index contributed by atoms with van der Waals surface area (Å²) in [5.41, 5.74) is 11.6. The first-order valence-corrected chi connectivity index (χ1v) is 7.59. The summed E-state index contributed by atoms with van der Waals surface area (Å²) in [6, 6.07) is 5.02. The molecule has 6 nitrogen and oxygen atoms in total. The largest absolute Gasteiger partial charge is 0.478 e. The Bertz CT molecular complexity index is 465. The summed E-state index contributed by atoms with van der Waals surface area (Å²) in [6.45, 7) is 8.27. The smallest absolute Gasteiger partial charge is 0.335 e. The Labute approximate surface area is 137 Å². The molecule has 0 bridgehead atoms. The fraction of sp³-hybridized carbons (Fsp3) is 0.529. The highest BCUT2D eigenvalue weighted by Gasteiger charge is 2.19. The van der Waals surface area contributed by atoms with E-state index in [1.165, 1.54) is 30.7 Å². The first-order chi connectivity index (χ1) is 10.6. The Hall–Kier alpha value is -1.92. The topological polar surface area (TPSA) is 127 Å². The summed E-state index contributed by atoms with van der Waals surface area (Å²) < 4.78 is 0. The first-order valence-electron chi connectivity index (χ1n) is 7.59. The second-order valence-corrected chi connectivity index (χ2v) is 6.44. The Morgan fingerprint density at radius 3 is 1.70 bits per heavy atom. The fourth-order valence-electron chi connectivity index (χ4n) is 2.27. The van der Waals surface area contributed by atoms with Crippen LogP contribution in [0.4, 0.5) is 0 Å². The number of carbonyl (C=O) groups is 2. The van der Waals surface area contributed by atoms with Gasteiger partial charge in [-0.2, -0.15) is 0 Å². The normalized spacial score (nSPS) is 12.0. The third-order valence-electron chi connectivity index (χ3n) is 3.50. The number of carboxylic acids is 2. The van der Waals surface area contributed by atoms with E-state index in [1.54, 1.807) is 0 Å². The van der Waals surface area contributed by atoms with Crippen LogP contribution in [-0.4, -0.2) is 35.2 Å². The van der Waals surface area contributed by atoms with E-state index in [1.807, 2.05) is 0 Å². The SMILES string of the molecule is CC(CN)CC(C)(C)CCN.O=C(O)c1ccc(C(=O)O)cc1. The van der Waals surface area contributed by atoms with Gasteiger partial charge in [0.1, 0.15) is 0 Å². The minimum absolute atomic E-state index is 0.0833. The van der Waals surface area contributed by atoms with Gasteiger partial charge in [-0.1, -0.05) is 20.8 Å². The van der Waals surface area contributed by atoms with Gasteiger partial charge in [0.2, 0.25) is 0 Å². The summed E-state index contributed by atoms with van der Waals surface area (Å²) in [5, 5.41) is 16.9. The number of hydrogen-bond acceptors (Lipinski definition) is 4. The van der Waals surface area contributed by atoms with Crippen LogP contribution in [0.2, 0.25) is 0 Å². The van der Waals surface area contributed by atoms with E-state index < -0.39 is 11.9 Å². The molecule has 0 aliphatic heterocycles. The lowest BCUT2D eigenvalue weighted by molar-refractivity contribution is 0.0681. The number of rotatable bonds is 7. The molecule has 0 radical (unpaired) electrons. The molecule has 6 N–H and O–H groups in total. The minimum Gasteiger partial charge on any atom is -0.478 e. The molecule has 0 aliphatic carbocycles. The van der Waals surface area contributed by atoms with Crippen LogP contribution < -0.4 is 11.5 Å². The average molecular weight is 324 g/mol. The van der Waals surface area contributed by atoms with Crippen LogP contribution in [0.1, 0.15) is 54.3 Å². The van der Waals surface area contributed by atoms with Crippen molar-refractivity contribution in [3.05, 3.63) is 35.4 Å². The first kappa shape index (κ1) is 21.1. The number of benzene rings is 1. The molecule has 0 aliphatic rings. The molecule has 0 heterocycles. The van der Waals surface area contributed by atoms with Crippen molar-refractivity contribution in [3.63, 3.8) is 0 Å². The molecule has 0 saturated carbocycles. The van der Waals surface area contributed by atoms with Gasteiger partial charge < -0.3 is 21.7 Å². The van der Waals surface area contributed by atoms with E-state index in [0.29, 0.717) is 11.3 Å². The third-order valence-corrected chi connectivity index (χ3v) is 3.50. The lowest BCUT2D eigenvalue weighted by atomic mass is 9.81. The monoisotopic (exact) mass is 324 g/mol. The highest BCUT2D eigenvalue weighted by molar-refractivity contribution is 5.91. The average Bonchev–Trinajstić information content (AvgIpc) is 2.47. The zero-order valence-electron chi connectivity index (χ0n) is 14.1. The maximum absolute atomic E-state index is 10.3. The quantitative estimate of drug-likeness (QED) is 0.610. The van der Waals surface area contributed by atoms with Crippen molar-refractivity contribution in [1.29, 1.82) is 0 Å². The molecule has 1 unspecified atom stereocenters. The van der Waals surface area contributed by atoms with E-state index in [0.717, 1.165) is 19.5 Å². The van der Waals surface area contributed by atoms with Crippen molar-refractivity contribution in [2.24, 2.45) is 22.8 Å². The van der Waals surface area contributed by atoms with Gasteiger partial charge in [0.25, 0.3) is 0 Å². The predicted molar refractivity (Wildman–Crippen MR) is 90.6 cm³/mol. The van der Waals surface area contributed by atoms with Crippen molar-refractivity contribution in [1.82, 2.24) is 0 Å². The molecule has 1 aromatic rings. The van der Waals surface area contributed by atoms with Crippen molar-refractivity contribution in [3.8, 4) is 0 Å². The van der Waals surface area contributed by atoms with Gasteiger partial charge in [-0.05, 0) is 61.5 Å². The summed E-state index contributed by atoms with van der Waals surface area (Å²) in [6.07, 6.45) is 2.28. The van der Waals surface area contributed by atoms with Crippen LogP contribution in [0, 0.1) is 11.3 Å². The van der Waals surface area contributed by atoms with E-state index in [4.69, 9.17) is 21.7 Å². The van der Waals surface area contributed by atoms with Crippen LogP contribution in [0.15, 0.2) is 24.3 Å². The molecule has 0 fully saturated rings. The summed E-state index contributed by atoms with van der Waals surface area (Å²) in [5.74, 6) is -1.50. The predicted octanol–water partition coefficient (Wildman–Crippen LogP) is 2.43. The number of nitrogens with two attached hydrogens (primary N) is 2. The minimum atomic E-state index is -1.06. The van der Waals surface area contributed by atoms with Crippen molar-refractivity contribution in [2.75, 3.05) is 13.1 Å². The van der Waals surface area contributed by atoms with Gasteiger partial charge in [0, 0.05) is 0 Å². The van der Waals surface area contributed by atoms with Crippen LogP contribution in [0.25, 0.3) is 0 Å². The number of carboxylic acid groups (broad SMARTS) is 2.